The van der Waals surface area contributed by atoms with E-state index in [-0.39, 0.29) is 11.9 Å². The minimum Gasteiger partial charge on any atom is -0.491 e. The number of nitrogens with zero attached hydrogens (tertiary/aromatic N) is 1. The Morgan fingerprint density at radius 1 is 1.05 bits per heavy atom. The minimum atomic E-state index is 0.0658. The summed E-state index contributed by atoms with van der Waals surface area (Å²) in [7, 11) is 0. The fourth-order valence-electron chi connectivity index (χ4n) is 2.90. The van der Waals surface area contributed by atoms with Crippen LogP contribution in [0.4, 0.5) is 5.69 Å². The number of anilines is 1. The third-order valence-electron chi connectivity index (χ3n) is 4.02. The highest BCUT2D eigenvalue weighted by Crippen LogP contribution is 2.40. The van der Waals surface area contributed by atoms with E-state index in [4.69, 9.17) is 4.74 Å². The van der Waals surface area contributed by atoms with E-state index in [0.717, 1.165) is 22.6 Å². The van der Waals surface area contributed by atoms with Crippen LogP contribution in [0.3, 0.4) is 0 Å². The highest BCUT2D eigenvalue weighted by molar-refractivity contribution is 6.05. The van der Waals surface area contributed by atoms with Crippen LogP contribution < -0.4 is 4.90 Å². The average Bonchev–Trinajstić information content (AvgIpc) is 2.52. The van der Waals surface area contributed by atoms with Crippen molar-refractivity contribution in [3.8, 4) is 0 Å². The number of benzene rings is 2. The molecule has 0 spiro atoms. The van der Waals surface area contributed by atoms with Crippen LogP contribution in [0.25, 0.3) is 6.08 Å². The maximum Gasteiger partial charge on any atom is 0.230 e. The molecule has 21 heavy (non-hydrogen) atoms. The average molecular weight is 277 g/mol. The van der Waals surface area contributed by atoms with Gasteiger partial charge in [-0.15, -0.1) is 0 Å². The summed E-state index contributed by atoms with van der Waals surface area (Å²) in [4.78, 5) is 13.7. The SMILES string of the molecule is O=C1CC2C(OCc3ccccc3)=Cc3ccccc3N12. The molecule has 0 saturated carbocycles. The van der Waals surface area contributed by atoms with Crippen molar-refractivity contribution in [2.24, 2.45) is 0 Å². The van der Waals surface area contributed by atoms with Crippen molar-refractivity contribution in [3.63, 3.8) is 0 Å². The normalized spacial score (nSPS) is 19.2. The Hall–Kier alpha value is -2.55. The third-order valence-corrected chi connectivity index (χ3v) is 4.02. The Bertz CT molecular complexity index is 721. The first kappa shape index (κ1) is 12.2. The molecule has 2 heterocycles. The van der Waals surface area contributed by atoms with E-state index in [2.05, 4.69) is 6.08 Å². The second-order valence-corrected chi connectivity index (χ2v) is 5.36. The molecule has 2 aromatic carbocycles. The van der Waals surface area contributed by atoms with Gasteiger partial charge in [0.2, 0.25) is 5.91 Å². The van der Waals surface area contributed by atoms with Crippen LogP contribution in [0, 0.1) is 0 Å². The molecule has 0 radical (unpaired) electrons. The predicted molar refractivity (Wildman–Crippen MR) is 81.5 cm³/mol. The molecule has 0 N–H and O–H groups in total. The number of rotatable bonds is 3. The summed E-state index contributed by atoms with van der Waals surface area (Å²) in [5.74, 6) is 1.05. The van der Waals surface area contributed by atoms with Gasteiger partial charge in [-0.3, -0.25) is 4.79 Å². The van der Waals surface area contributed by atoms with Gasteiger partial charge in [0, 0.05) is 5.56 Å². The summed E-state index contributed by atoms with van der Waals surface area (Å²) < 4.78 is 5.98. The zero-order valence-corrected chi connectivity index (χ0v) is 11.5. The Labute approximate surface area is 123 Å². The van der Waals surface area contributed by atoms with Gasteiger partial charge < -0.3 is 9.64 Å². The van der Waals surface area contributed by atoms with Crippen molar-refractivity contribution in [2.75, 3.05) is 4.90 Å². The zero-order valence-electron chi connectivity index (χ0n) is 11.5. The van der Waals surface area contributed by atoms with Gasteiger partial charge in [0.15, 0.2) is 0 Å². The van der Waals surface area contributed by atoms with Crippen LogP contribution in [0.5, 0.6) is 0 Å². The lowest BCUT2D eigenvalue weighted by Crippen LogP contribution is -2.55. The number of ether oxygens (including phenoxy) is 1. The second kappa shape index (κ2) is 4.77. The van der Waals surface area contributed by atoms with Crippen molar-refractivity contribution in [2.45, 2.75) is 19.1 Å². The highest BCUT2D eigenvalue weighted by Gasteiger charge is 2.43. The van der Waals surface area contributed by atoms with E-state index in [1.165, 1.54) is 0 Å². The molecule has 0 aliphatic carbocycles. The molecule has 1 saturated heterocycles. The Balaban J connectivity index is 1.61. The smallest absolute Gasteiger partial charge is 0.230 e. The van der Waals surface area contributed by atoms with E-state index in [0.29, 0.717) is 13.0 Å². The summed E-state index contributed by atoms with van der Waals surface area (Å²) in [5, 5.41) is 0. The molecule has 0 bridgehead atoms. The molecule has 1 atom stereocenters. The van der Waals surface area contributed by atoms with Gasteiger partial charge in [0.05, 0.1) is 12.1 Å². The lowest BCUT2D eigenvalue weighted by Gasteiger charge is -2.44. The quantitative estimate of drug-likeness (QED) is 0.805. The van der Waals surface area contributed by atoms with E-state index >= 15 is 0 Å². The van der Waals surface area contributed by atoms with Gasteiger partial charge in [0.25, 0.3) is 0 Å². The topological polar surface area (TPSA) is 29.5 Å². The maximum atomic E-state index is 11.9. The lowest BCUT2D eigenvalue weighted by molar-refractivity contribution is -0.124. The van der Waals surface area contributed by atoms with Crippen molar-refractivity contribution in [3.05, 3.63) is 71.5 Å². The number of hydrogen-bond donors (Lipinski definition) is 0. The van der Waals surface area contributed by atoms with Crippen molar-refractivity contribution < 1.29 is 9.53 Å². The fraction of sp³-hybridized carbons (Fsp3) is 0.167. The molecule has 2 aliphatic heterocycles. The number of amides is 1. The van der Waals surface area contributed by atoms with Crippen LogP contribution in [0.2, 0.25) is 0 Å². The first-order valence-corrected chi connectivity index (χ1v) is 7.12. The van der Waals surface area contributed by atoms with Gasteiger partial charge in [-0.1, -0.05) is 48.5 Å². The first-order valence-electron chi connectivity index (χ1n) is 7.12. The second-order valence-electron chi connectivity index (χ2n) is 5.36. The molecular weight excluding hydrogens is 262 g/mol. The summed E-state index contributed by atoms with van der Waals surface area (Å²) in [6.45, 7) is 0.535. The van der Waals surface area contributed by atoms with E-state index in [1.54, 1.807) is 0 Å². The molecular formula is C18H15NO2. The zero-order chi connectivity index (χ0) is 14.2. The number of β-lactam (4-membered cyclic amide) rings is 1. The van der Waals surface area contributed by atoms with E-state index in [1.807, 2.05) is 59.5 Å². The molecule has 4 rings (SSSR count). The molecule has 0 aromatic heterocycles. The van der Waals surface area contributed by atoms with Gasteiger partial charge in [-0.2, -0.15) is 0 Å². The molecule has 2 aliphatic rings. The summed E-state index contributed by atoms with van der Waals surface area (Å²) in [6.07, 6.45) is 2.60. The first-order chi connectivity index (χ1) is 10.3. The molecule has 3 nitrogen and oxygen atoms in total. The lowest BCUT2D eigenvalue weighted by atomic mass is 9.91. The van der Waals surface area contributed by atoms with Crippen molar-refractivity contribution in [1.82, 2.24) is 0 Å². The molecule has 3 heteroatoms. The van der Waals surface area contributed by atoms with E-state index in [9.17, 15) is 4.79 Å². The third kappa shape index (κ3) is 2.02. The molecule has 1 unspecified atom stereocenters. The number of fused-ring (bicyclic) bond motifs is 3. The highest BCUT2D eigenvalue weighted by atomic mass is 16.5. The summed E-state index contributed by atoms with van der Waals surface area (Å²) in [6, 6.07) is 18.1. The van der Waals surface area contributed by atoms with Gasteiger partial charge >= 0.3 is 0 Å². The minimum absolute atomic E-state index is 0.0658. The van der Waals surface area contributed by atoms with E-state index < -0.39 is 0 Å². The van der Waals surface area contributed by atoms with Crippen molar-refractivity contribution >= 4 is 17.7 Å². The molecule has 2 aromatic rings. The molecule has 104 valence electrons. The fourth-order valence-corrected chi connectivity index (χ4v) is 2.90. The number of hydrogen-bond acceptors (Lipinski definition) is 2. The largest absolute Gasteiger partial charge is 0.491 e. The number of para-hydroxylation sites is 1. The van der Waals surface area contributed by atoms with Crippen LogP contribution in [0.15, 0.2) is 60.4 Å². The Kier molecular flexibility index (Phi) is 2.78. The van der Waals surface area contributed by atoms with Crippen LogP contribution in [0.1, 0.15) is 17.5 Å². The van der Waals surface area contributed by atoms with Crippen molar-refractivity contribution in [1.29, 1.82) is 0 Å². The predicted octanol–water partition coefficient (Wildman–Crippen LogP) is 3.36. The molecule has 1 amide bonds. The Morgan fingerprint density at radius 3 is 2.62 bits per heavy atom. The standard InChI is InChI=1S/C18H15NO2/c20-18-11-16-17(21-12-13-6-2-1-3-7-13)10-14-8-4-5-9-15(14)19(16)18/h1-10,16H,11-12H2. The van der Waals surface area contributed by atoms with Gasteiger partial charge in [-0.25, -0.2) is 0 Å². The van der Waals surface area contributed by atoms with Crippen LogP contribution in [-0.4, -0.2) is 11.9 Å². The maximum absolute atomic E-state index is 11.9. The summed E-state index contributed by atoms with van der Waals surface area (Å²) >= 11 is 0. The monoisotopic (exact) mass is 277 g/mol. The van der Waals surface area contributed by atoms with Gasteiger partial charge in [0.1, 0.15) is 18.4 Å². The summed E-state index contributed by atoms with van der Waals surface area (Å²) in [5.41, 5.74) is 3.17. The Morgan fingerprint density at radius 2 is 1.81 bits per heavy atom. The molecule has 1 fully saturated rings. The number of carbonyl (C=O) groups excluding carboxylic acids is 1. The van der Waals surface area contributed by atoms with Gasteiger partial charge in [-0.05, 0) is 17.7 Å². The van der Waals surface area contributed by atoms with Crippen LogP contribution in [-0.2, 0) is 16.1 Å². The number of carbonyl (C=O) groups is 1. The van der Waals surface area contributed by atoms with Crippen LogP contribution >= 0.6 is 0 Å².